The second-order valence-electron chi connectivity index (χ2n) is 4.12. The predicted octanol–water partition coefficient (Wildman–Crippen LogP) is 1.89. The van der Waals surface area contributed by atoms with Crippen molar-refractivity contribution in [2.45, 2.75) is 19.8 Å². The SMILES string of the molecule is CCC1CCN(c2nc(NC)ncc2F)C1. The molecule has 2 rings (SSSR count). The van der Waals surface area contributed by atoms with Gasteiger partial charge in [0.2, 0.25) is 5.95 Å². The van der Waals surface area contributed by atoms with Crippen molar-refractivity contribution in [3.63, 3.8) is 0 Å². The smallest absolute Gasteiger partial charge is 0.224 e. The van der Waals surface area contributed by atoms with Gasteiger partial charge in [0.25, 0.3) is 0 Å². The van der Waals surface area contributed by atoms with Crippen LogP contribution in [0, 0.1) is 11.7 Å². The number of halogens is 1. The summed E-state index contributed by atoms with van der Waals surface area (Å²) >= 11 is 0. The molecule has 4 nitrogen and oxygen atoms in total. The average molecular weight is 224 g/mol. The maximum atomic E-state index is 13.6. The minimum absolute atomic E-state index is 0.337. The maximum absolute atomic E-state index is 13.6. The molecule has 1 fully saturated rings. The Balaban J connectivity index is 2.20. The third-order valence-corrected chi connectivity index (χ3v) is 3.11. The highest BCUT2D eigenvalue weighted by molar-refractivity contribution is 5.44. The van der Waals surface area contributed by atoms with Crippen LogP contribution in [0.15, 0.2) is 6.20 Å². The lowest BCUT2D eigenvalue weighted by Gasteiger charge is -2.18. The van der Waals surface area contributed by atoms with Gasteiger partial charge in [0.05, 0.1) is 6.20 Å². The van der Waals surface area contributed by atoms with Crippen LogP contribution in [0.4, 0.5) is 16.2 Å². The zero-order chi connectivity index (χ0) is 11.5. The monoisotopic (exact) mass is 224 g/mol. The Morgan fingerprint density at radius 1 is 1.62 bits per heavy atom. The quantitative estimate of drug-likeness (QED) is 0.851. The normalized spacial score (nSPS) is 20.2. The molecule has 1 saturated heterocycles. The number of nitrogens with one attached hydrogen (secondary N) is 1. The molecule has 88 valence electrons. The van der Waals surface area contributed by atoms with E-state index in [1.165, 1.54) is 6.20 Å². The van der Waals surface area contributed by atoms with Crippen LogP contribution >= 0.6 is 0 Å². The summed E-state index contributed by atoms with van der Waals surface area (Å²) in [5, 5.41) is 2.83. The minimum atomic E-state index is -0.337. The van der Waals surface area contributed by atoms with Crippen molar-refractivity contribution in [3.05, 3.63) is 12.0 Å². The molecule has 0 aromatic carbocycles. The fourth-order valence-electron chi connectivity index (χ4n) is 2.06. The minimum Gasteiger partial charge on any atom is -0.357 e. The lowest BCUT2D eigenvalue weighted by Crippen LogP contribution is -2.22. The fraction of sp³-hybridized carbons (Fsp3) is 0.636. The molecule has 0 spiro atoms. The Labute approximate surface area is 94.9 Å². The highest BCUT2D eigenvalue weighted by Gasteiger charge is 2.24. The summed E-state index contributed by atoms with van der Waals surface area (Å²) in [5.74, 6) is 1.22. The van der Waals surface area contributed by atoms with E-state index in [-0.39, 0.29) is 5.82 Å². The molecule has 1 atom stereocenters. The van der Waals surface area contributed by atoms with Gasteiger partial charge in [-0.1, -0.05) is 13.3 Å². The van der Waals surface area contributed by atoms with Crippen molar-refractivity contribution in [3.8, 4) is 0 Å². The van der Waals surface area contributed by atoms with E-state index in [1.807, 2.05) is 4.90 Å². The van der Waals surface area contributed by atoms with Gasteiger partial charge in [-0.05, 0) is 12.3 Å². The van der Waals surface area contributed by atoms with Crippen LogP contribution in [0.5, 0.6) is 0 Å². The summed E-state index contributed by atoms with van der Waals surface area (Å²) in [6.45, 7) is 3.95. The summed E-state index contributed by atoms with van der Waals surface area (Å²) < 4.78 is 13.6. The van der Waals surface area contributed by atoms with Crippen molar-refractivity contribution >= 4 is 11.8 Å². The van der Waals surface area contributed by atoms with E-state index in [2.05, 4.69) is 22.2 Å². The first-order valence-corrected chi connectivity index (χ1v) is 5.69. The van der Waals surface area contributed by atoms with Crippen LogP contribution < -0.4 is 10.2 Å². The summed E-state index contributed by atoms with van der Waals surface area (Å²) in [6, 6.07) is 0. The fourth-order valence-corrected chi connectivity index (χ4v) is 2.06. The summed E-state index contributed by atoms with van der Waals surface area (Å²) in [4.78, 5) is 10.0. The Morgan fingerprint density at radius 3 is 3.06 bits per heavy atom. The Morgan fingerprint density at radius 2 is 2.44 bits per heavy atom. The van der Waals surface area contributed by atoms with Gasteiger partial charge in [0.1, 0.15) is 0 Å². The number of hydrogen-bond donors (Lipinski definition) is 1. The third-order valence-electron chi connectivity index (χ3n) is 3.11. The largest absolute Gasteiger partial charge is 0.357 e. The second-order valence-corrected chi connectivity index (χ2v) is 4.12. The van der Waals surface area contributed by atoms with Gasteiger partial charge in [0, 0.05) is 20.1 Å². The Hall–Kier alpha value is -1.39. The summed E-state index contributed by atoms with van der Waals surface area (Å²) in [7, 11) is 1.73. The van der Waals surface area contributed by atoms with E-state index < -0.39 is 0 Å². The highest BCUT2D eigenvalue weighted by Crippen LogP contribution is 2.26. The molecule has 1 N–H and O–H groups in total. The lowest BCUT2D eigenvalue weighted by atomic mass is 10.1. The van der Waals surface area contributed by atoms with Crippen molar-refractivity contribution in [2.75, 3.05) is 30.4 Å². The second kappa shape index (κ2) is 4.63. The molecule has 0 amide bonds. The first-order valence-electron chi connectivity index (χ1n) is 5.69. The third kappa shape index (κ3) is 2.08. The summed E-state index contributed by atoms with van der Waals surface area (Å²) in [5.41, 5.74) is 0. The van der Waals surface area contributed by atoms with Crippen LogP contribution in [-0.4, -0.2) is 30.1 Å². The Bertz CT molecular complexity index is 369. The van der Waals surface area contributed by atoms with Gasteiger partial charge in [-0.2, -0.15) is 4.98 Å². The van der Waals surface area contributed by atoms with E-state index >= 15 is 0 Å². The van der Waals surface area contributed by atoms with Crippen LogP contribution in [0.3, 0.4) is 0 Å². The zero-order valence-corrected chi connectivity index (χ0v) is 9.70. The molecule has 0 aliphatic carbocycles. The molecule has 1 aromatic heterocycles. The maximum Gasteiger partial charge on any atom is 0.224 e. The van der Waals surface area contributed by atoms with Crippen LogP contribution in [-0.2, 0) is 0 Å². The van der Waals surface area contributed by atoms with Gasteiger partial charge >= 0.3 is 0 Å². The van der Waals surface area contributed by atoms with E-state index in [4.69, 9.17) is 0 Å². The van der Waals surface area contributed by atoms with E-state index in [1.54, 1.807) is 7.05 Å². The van der Waals surface area contributed by atoms with Gasteiger partial charge < -0.3 is 10.2 Å². The van der Waals surface area contributed by atoms with Crippen LogP contribution in [0.25, 0.3) is 0 Å². The molecule has 1 aliphatic rings. The number of hydrogen-bond acceptors (Lipinski definition) is 4. The molecule has 1 aromatic rings. The molecule has 0 bridgehead atoms. The lowest BCUT2D eigenvalue weighted by molar-refractivity contribution is 0.565. The van der Waals surface area contributed by atoms with E-state index in [0.717, 1.165) is 25.9 Å². The molecule has 16 heavy (non-hydrogen) atoms. The van der Waals surface area contributed by atoms with E-state index in [0.29, 0.717) is 17.7 Å². The van der Waals surface area contributed by atoms with Gasteiger partial charge in [0.15, 0.2) is 11.6 Å². The van der Waals surface area contributed by atoms with Crippen LogP contribution in [0.1, 0.15) is 19.8 Å². The standard InChI is InChI=1S/C11H17FN4/c1-3-8-4-5-16(7-8)10-9(12)6-14-11(13-2)15-10/h6,8H,3-5,7H2,1-2H3,(H,13,14,15). The molecule has 1 unspecified atom stereocenters. The van der Waals surface area contributed by atoms with Gasteiger partial charge in [-0.15, -0.1) is 0 Å². The van der Waals surface area contributed by atoms with Crippen molar-refractivity contribution in [1.29, 1.82) is 0 Å². The predicted molar refractivity (Wildman–Crippen MR) is 62.1 cm³/mol. The number of rotatable bonds is 3. The number of aromatic nitrogens is 2. The molecule has 2 heterocycles. The summed E-state index contributed by atoms with van der Waals surface area (Å²) in [6.07, 6.45) is 3.49. The van der Waals surface area contributed by atoms with E-state index in [9.17, 15) is 4.39 Å². The van der Waals surface area contributed by atoms with Crippen molar-refractivity contribution < 1.29 is 4.39 Å². The molecular formula is C11H17FN4. The van der Waals surface area contributed by atoms with Gasteiger partial charge in [-0.3, -0.25) is 0 Å². The van der Waals surface area contributed by atoms with Crippen molar-refractivity contribution in [2.24, 2.45) is 5.92 Å². The number of nitrogens with zero attached hydrogens (tertiary/aromatic N) is 3. The topological polar surface area (TPSA) is 41.1 Å². The first-order chi connectivity index (χ1) is 7.74. The van der Waals surface area contributed by atoms with Gasteiger partial charge in [-0.25, -0.2) is 9.37 Å². The van der Waals surface area contributed by atoms with Crippen molar-refractivity contribution in [1.82, 2.24) is 9.97 Å². The molecule has 1 aliphatic heterocycles. The molecular weight excluding hydrogens is 207 g/mol. The first kappa shape index (κ1) is 11.1. The van der Waals surface area contributed by atoms with Crippen LogP contribution in [0.2, 0.25) is 0 Å². The molecule has 0 radical (unpaired) electrons. The highest BCUT2D eigenvalue weighted by atomic mass is 19.1. The Kier molecular flexibility index (Phi) is 3.22. The zero-order valence-electron chi connectivity index (χ0n) is 9.70. The number of anilines is 2. The molecule has 5 heteroatoms. The average Bonchev–Trinajstić information content (AvgIpc) is 2.78. The molecule has 0 saturated carbocycles.